The molecule has 15 heavy (non-hydrogen) atoms. The predicted octanol–water partition coefficient (Wildman–Crippen LogP) is 2.30. The van der Waals surface area contributed by atoms with Crippen molar-refractivity contribution in [1.82, 2.24) is 4.98 Å². The Balaban J connectivity index is 2.20. The quantitative estimate of drug-likeness (QED) is 0.703. The smallest absolute Gasteiger partial charge is 0.227 e. The second-order valence-electron chi connectivity index (χ2n) is 4.01. The van der Waals surface area contributed by atoms with Crippen LogP contribution in [0.25, 0.3) is 0 Å². The van der Waals surface area contributed by atoms with Gasteiger partial charge in [0, 0.05) is 18.7 Å². The summed E-state index contributed by atoms with van der Waals surface area (Å²) in [6.07, 6.45) is 5.74. The molecule has 1 fully saturated rings. The normalized spacial score (nSPS) is 17.7. The Kier molecular flexibility index (Phi) is 2.99. The molecule has 0 saturated carbocycles. The first kappa shape index (κ1) is 10.1. The third-order valence-corrected chi connectivity index (χ3v) is 2.78. The number of aromatic nitrogens is 1. The summed E-state index contributed by atoms with van der Waals surface area (Å²) in [4.78, 5) is 17.9. The van der Waals surface area contributed by atoms with Crippen molar-refractivity contribution in [3.63, 3.8) is 0 Å². The Labute approximate surface area is 90.1 Å². The standard InChI is InChI=1S/C12H16N2O/c1-10-6-7-11(9-13-10)14-8-4-2-3-5-12(14)15/h6-7,9H,2-5,8H2,1H3. The topological polar surface area (TPSA) is 33.2 Å². The number of carbonyl (C=O) groups is 1. The third kappa shape index (κ3) is 2.35. The van der Waals surface area contributed by atoms with E-state index >= 15 is 0 Å². The lowest BCUT2D eigenvalue weighted by molar-refractivity contribution is -0.118. The van der Waals surface area contributed by atoms with Crippen LogP contribution < -0.4 is 4.90 Å². The lowest BCUT2D eigenvalue weighted by Gasteiger charge is -2.20. The van der Waals surface area contributed by atoms with Crippen molar-refractivity contribution in [2.45, 2.75) is 32.6 Å². The van der Waals surface area contributed by atoms with Gasteiger partial charge in [-0.1, -0.05) is 6.42 Å². The minimum atomic E-state index is 0.234. The van der Waals surface area contributed by atoms with Crippen LogP contribution in [-0.2, 0) is 4.79 Å². The molecule has 2 rings (SSSR count). The van der Waals surface area contributed by atoms with Crippen LogP contribution in [0.2, 0.25) is 0 Å². The van der Waals surface area contributed by atoms with Gasteiger partial charge in [-0.3, -0.25) is 9.78 Å². The molecule has 3 heteroatoms. The van der Waals surface area contributed by atoms with Crippen LogP contribution in [0, 0.1) is 6.92 Å². The molecule has 0 aromatic carbocycles. The average molecular weight is 204 g/mol. The molecule has 2 heterocycles. The Morgan fingerprint density at radius 3 is 2.87 bits per heavy atom. The molecule has 1 aromatic heterocycles. The Morgan fingerprint density at radius 1 is 1.27 bits per heavy atom. The maximum absolute atomic E-state index is 11.8. The molecule has 3 nitrogen and oxygen atoms in total. The summed E-state index contributed by atoms with van der Waals surface area (Å²) in [6.45, 7) is 2.79. The molecule has 1 aliphatic rings. The van der Waals surface area contributed by atoms with E-state index in [9.17, 15) is 4.79 Å². The van der Waals surface area contributed by atoms with E-state index in [-0.39, 0.29) is 5.91 Å². The van der Waals surface area contributed by atoms with Gasteiger partial charge in [0.15, 0.2) is 0 Å². The number of carbonyl (C=O) groups excluding carboxylic acids is 1. The number of hydrogen-bond acceptors (Lipinski definition) is 2. The van der Waals surface area contributed by atoms with Crippen molar-refractivity contribution in [2.75, 3.05) is 11.4 Å². The fourth-order valence-electron chi connectivity index (χ4n) is 1.88. The second-order valence-corrected chi connectivity index (χ2v) is 4.01. The van der Waals surface area contributed by atoms with E-state index in [1.54, 1.807) is 6.20 Å². The van der Waals surface area contributed by atoms with E-state index in [0.29, 0.717) is 6.42 Å². The molecule has 0 bridgehead atoms. The third-order valence-electron chi connectivity index (χ3n) is 2.78. The zero-order valence-electron chi connectivity index (χ0n) is 9.07. The van der Waals surface area contributed by atoms with Gasteiger partial charge in [-0.25, -0.2) is 0 Å². The van der Waals surface area contributed by atoms with Gasteiger partial charge in [0.05, 0.1) is 11.9 Å². The molecule has 1 saturated heterocycles. The lowest BCUT2D eigenvalue weighted by atomic mass is 10.2. The highest BCUT2D eigenvalue weighted by molar-refractivity contribution is 5.93. The molecule has 0 spiro atoms. The summed E-state index contributed by atoms with van der Waals surface area (Å²) in [7, 11) is 0. The van der Waals surface area contributed by atoms with E-state index < -0.39 is 0 Å². The van der Waals surface area contributed by atoms with Crippen LogP contribution in [0.4, 0.5) is 5.69 Å². The predicted molar refractivity (Wildman–Crippen MR) is 59.8 cm³/mol. The van der Waals surface area contributed by atoms with Gasteiger partial charge in [-0.05, 0) is 31.9 Å². The van der Waals surface area contributed by atoms with Crippen LogP contribution in [0.1, 0.15) is 31.4 Å². The van der Waals surface area contributed by atoms with Gasteiger partial charge in [0.1, 0.15) is 0 Å². The van der Waals surface area contributed by atoms with Crippen molar-refractivity contribution in [3.05, 3.63) is 24.0 Å². The first-order chi connectivity index (χ1) is 7.27. The highest BCUT2D eigenvalue weighted by Crippen LogP contribution is 2.19. The number of rotatable bonds is 1. The van der Waals surface area contributed by atoms with Crippen LogP contribution >= 0.6 is 0 Å². The number of hydrogen-bond donors (Lipinski definition) is 0. The molecule has 1 aromatic rings. The maximum Gasteiger partial charge on any atom is 0.227 e. The zero-order chi connectivity index (χ0) is 10.7. The molecular formula is C12H16N2O. The first-order valence-electron chi connectivity index (χ1n) is 5.50. The number of nitrogens with zero attached hydrogens (tertiary/aromatic N) is 2. The summed E-state index contributed by atoms with van der Waals surface area (Å²) >= 11 is 0. The summed E-state index contributed by atoms with van der Waals surface area (Å²) in [5.74, 6) is 0.234. The van der Waals surface area contributed by atoms with Crippen LogP contribution in [0.3, 0.4) is 0 Å². The number of pyridine rings is 1. The van der Waals surface area contributed by atoms with Gasteiger partial charge in [0.2, 0.25) is 5.91 Å². The first-order valence-corrected chi connectivity index (χ1v) is 5.50. The summed E-state index contributed by atoms with van der Waals surface area (Å²) in [6, 6.07) is 3.93. The zero-order valence-corrected chi connectivity index (χ0v) is 9.07. The van der Waals surface area contributed by atoms with E-state index in [2.05, 4.69) is 4.98 Å². The van der Waals surface area contributed by atoms with E-state index in [1.807, 2.05) is 24.0 Å². The Bertz CT molecular complexity index is 345. The highest BCUT2D eigenvalue weighted by atomic mass is 16.2. The summed E-state index contributed by atoms with van der Waals surface area (Å²) in [5.41, 5.74) is 1.92. The second kappa shape index (κ2) is 4.43. The molecule has 1 aliphatic heterocycles. The van der Waals surface area contributed by atoms with Crippen molar-refractivity contribution in [1.29, 1.82) is 0 Å². The lowest BCUT2D eigenvalue weighted by Crippen LogP contribution is -2.30. The molecule has 0 radical (unpaired) electrons. The van der Waals surface area contributed by atoms with Gasteiger partial charge in [0.25, 0.3) is 0 Å². The Morgan fingerprint density at radius 2 is 2.13 bits per heavy atom. The van der Waals surface area contributed by atoms with Crippen LogP contribution in [0.5, 0.6) is 0 Å². The maximum atomic E-state index is 11.8. The molecule has 0 N–H and O–H groups in total. The van der Waals surface area contributed by atoms with Crippen LogP contribution in [0.15, 0.2) is 18.3 Å². The largest absolute Gasteiger partial charge is 0.311 e. The molecular weight excluding hydrogens is 188 g/mol. The Hall–Kier alpha value is -1.38. The summed E-state index contributed by atoms with van der Waals surface area (Å²) < 4.78 is 0. The number of amides is 1. The average Bonchev–Trinajstić information content (AvgIpc) is 2.44. The van der Waals surface area contributed by atoms with Gasteiger partial charge in [-0.2, -0.15) is 0 Å². The van der Waals surface area contributed by atoms with Gasteiger partial charge >= 0.3 is 0 Å². The molecule has 0 atom stereocenters. The SMILES string of the molecule is Cc1ccc(N2CCCCCC2=O)cn1. The van der Waals surface area contributed by atoms with Crippen molar-refractivity contribution < 1.29 is 4.79 Å². The molecule has 0 aliphatic carbocycles. The fourth-order valence-corrected chi connectivity index (χ4v) is 1.88. The van der Waals surface area contributed by atoms with E-state index in [4.69, 9.17) is 0 Å². The van der Waals surface area contributed by atoms with Crippen molar-refractivity contribution in [3.8, 4) is 0 Å². The molecule has 1 amide bonds. The number of aryl methyl sites for hydroxylation is 1. The number of anilines is 1. The monoisotopic (exact) mass is 204 g/mol. The van der Waals surface area contributed by atoms with Crippen molar-refractivity contribution in [2.24, 2.45) is 0 Å². The molecule has 80 valence electrons. The highest BCUT2D eigenvalue weighted by Gasteiger charge is 2.17. The fraction of sp³-hybridized carbons (Fsp3) is 0.500. The molecule has 0 unspecified atom stereocenters. The minimum absolute atomic E-state index is 0.234. The van der Waals surface area contributed by atoms with Gasteiger partial charge < -0.3 is 4.90 Å². The summed E-state index contributed by atoms with van der Waals surface area (Å²) in [5, 5.41) is 0. The van der Waals surface area contributed by atoms with Crippen molar-refractivity contribution >= 4 is 11.6 Å². The van der Waals surface area contributed by atoms with Crippen LogP contribution in [-0.4, -0.2) is 17.4 Å². The minimum Gasteiger partial charge on any atom is -0.311 e. The van der Waals surface area contributed by atoms with Gasteiger partial charge in [-0.15, -0.1) is 0 Å². The van der Waals surface area contributed by atoms with E-state index in [1.165, 1.54) is 0 Å². The van der Waals surface area contributed by atoms with E-state index in [0.717, 1.165) is 37.2 Å².